The van der Waals surface area contributed by atoms with Crippen LogP contribution in [0, 0.1) is 0 Å². The van der Waals surface area contributed by atoms with Crippen molar-refractivity contribution in [2.24, 2.45) is 0 Å². The van der Waals surface area contributed by atoms with Crippen LogP contribution >= 0.6 is 0 Å². The number of rotatable bonds is 4. The molecule has 4 aromatic rings. The molecule has 0 radical (unpaired) electrons. The van der Waals surface area contributed by atoms with Gasteiger partial charge in [-0.1, -0.05) is 30.3 Å². The Morgan fingerprint density at radius 2 is 1.52 bits per heavy atom. The van der Waals surface area contributed by atoms with Crippen LogP contribution in [0.3, 0.4) is 0 Å². The van der Waals surface area contributed by atoms with Crippen LogP contribution in [0.15, 0.2) is 72.8 Å². The zero-order valence-electron chi connectivity index (χ0n) is 15.6. The third kappa shape index (κ3) is 3.04. The van der Waals surface area contributed by atoms with Gasteiger partial charge in [-0.3, -0.25) is 4.79 Å². The van der Waals surface area contributed by atoms with Gasteiger partial charge in [-0.15, -0.1) is 4.57 Å². The molecular weight excluding hydrogens is 334 g/mol. The molecule has 134 valence electrons. The van der Waals surface area contributed by atoms with Crippen molar-refractivity contribution in [3.05, 3.63) is 78.4 Å². The minimum Gasteiger partial charge on any atom is -0.339 e. The molecule has 0 fully saturated rings. The lowest BCUT2D eigenvalue weighted by molar-refractivity contribution is -0.538. The molecule has 4 rings (SSSR count). The Balaban J connectivity index is 2.02. The van der Waals surface area contributed by atoms with Crippen LogP contribution in [-0.4, -0.2) is 28.9 Å². The molecule has 1 heterocycles. The van der Waals surface area contributed by atoms with Gasteiger partial charge in [0.15, 0.2) is 0 Å². The fraction of sp³-hybridized carbons (Fsp3) is 0.174. The van der Waals surface area contributed by atoms with Gasteiger partial charge >= 0.3 is 0 Å². The van der Waals surface area contributed by atoms with E-state index in [9.17, 15) is 4.79 Å². The highest BCUT2D eigenvalue weighted by atomic mass is 16.2. The number of nitrogens with zero attached hydrogens (tertiary/aromatic N) is 3. The number of hydrogen-bond acceptors (Lipinski definition) is 2. The number of benzene rings is 3. The number of aromatic nitrogens is 2. The molecule has 1 aromatic heterocycles. The maximum absolute atomic E-state index is 12.9. The number of amides is 1. The average Bonchev–Trinajstić information content (AvgIpc) is 2.73. The summed E-state index contributed by atoms with van der Waals surface area (Å²) in [5.74, 6) is 0.0506. The highest BCUT2D eigenvalue weighted by Gasteiger charge is 2.21. The summed E-state index contributed by atoms with van der Waals surface area (Å²) in [6, 6.07) is 24.1. The largest absolute Gasteiger partial charge is 0.339 e. The number of carbonyl (C=O) groups is 1. The predicted octanol–water partition coefficient (Wildman–Crippen LogP) is 4.15. The van der Waals surface area contributed by atoms with Crippen LogP contribution < -0.4 is 4.57 Å². The van der Waals surface area contributed by atoms with Gasteiger partial charge in [0.05, 0.1) is 0 Å². The number of para-hydroxylation sites is 3. The van der Waals surface area contributed by atoms with E-state index in [1.165, 1.54) is 0 Å². The second kappa shape index (κ2) is 7.16. The van der Waals surface area contributed by atoms with Gasteiger partial charge < -0.3 is 4.90 Å². The van der Waals surface area contributed by atoms with Crippen molar-refractivity contribution in [1.82, 2.24) is 9.88 Å². The van der Waals surface area contributed by atoms with Crippen LogP contribution in [-0.2, 0) is 0 Å². The average molecular weight is 356 g/mol. The number of fused-ring (bicyclic) bond motifs is 2. The van der Waals surface area contributed by atoms with Crippen molar-refractivity contribution in [1.29, 1.82) is 0 Å². The third-order valence-electron chi connectivity index (χ3n) is 4.89. The molecule has 0 aliphatic heterocycles. The van der Waals surface area contributed by atoms with Gasteiger partial charge in [0.25, 0.3) is 5.91 Å². The maximum atomic E-state index is 12.9. The monoisotopic (exact) mass is 356 g/mol. The summed E-state index contributed by atoms with van der Waals surface area (Å²) >= 11 is 0. The fourth-order valence-corrected chi connectivity index (χ4v) is 3.49. The number of hydrogen-bond donors (Lipinski definition) is 0. The molecule has 27 heavy (non-hydrogen) atoms. The first kappa shape index (κ1) is 17.2. The SMILES string of the molecule is CCN(CC)C(=O)c1ccc2nc3ccccc3[n+](-c3ccccc3)c2c1. The van der Waals surface area contributed by atoms with Crippen molar-refractivity contribution in [2.75, 3.05) is 13.1 Å². The summed E-state index contributed by atoms with van der Waals surface area (Å²) in [6.07, 6.45) is 0. The van der Waals surface area contributed by atoms with Crippen LogP contribution in [0.5, 0.6) is 0 Å². The second-order valence-corrected chi connectivity index (χ2v) is 6.45. The molecule has 0 spiro atoms. The molecule has 0 saturated heterocycles. The van der Waals surface area contributed by atoms with Gasteiger partial charge in [-0.2, -0.15) is 0 Å². The van der Waals surface area contributed by atoms with E-state index < -0.39 is 0 Å². The molecule has 0 bridgehead atoms. The first-order valence-electron chi connectivity index (χ1n) is 9.32. The zero-order valence-corrected chi connectivity index (χ0v) is 15.6. The third-order valence-corrected chi connectivity index (χ3v) is 4.89. The highest BCUT2D eigenvalue weighted by Crippen LogP contribution is 2.19. The van der Waals surface area contributed by atoms with E-state index in [1.807, 2.05) is 73.3 Å². The molecule has 1 amide bonds. The Morgan fingerprint density at radius 3 is 2.26 bits per heavy atom. The van der Waals surface area contributed by atoms with Crippen molar-refractivity contribution >= 4 is 28.0 Å². The topological polar surface area (TPSA) is 37.1 Å². The molecular formula is C23H22N3O+. The lowest BCUT2D eigenvalue weighted by Gasteiger charge is -2.18. The van der Waals surface area contributed by atoms with Gasteiger partial charge in [-0.25, -0.2) is 4.98 Å². The first-order chi connectivity index (χ1) is 13.2. The summed E-state index contributed by atoms with van der Waals surface area (Å²) < 4.78 is 2.18. The summed E-state index contributed by atoms with van der Waals surface area (Å²) in [6.45, 7) is 5.40. The Morgan fingerprint density at radius 1 is 0.852 bits per heavy atom. The summed E-state index contributed by atoms with van der Waals surface area (Å²) in [7, 11) is 0. The Bertz CT molecular complexity index is 1120. The van der Waals surface area contributed by atoms with Crippen LogP contribution in [0.2, 0.25) is 0 Å². The fourth-order valence-electron chi connectivity index (χ4n) is 3.49. The quantitative estimate of drug-likeness (QED) is 0.407. The van der Waals surface area contributed by atoms with E-state index in [2.05, 4.69) is 22.8 Å². The Labute approximate surface area is 158 Å². The minimum atomic E-state index is 0.0506. The van der Waals surface area contributed by atoms with Crippen molar-refractivity contribution < 1.29 is 9.36 Å². The Hall–Kier alpha value is -3.27. The van der Waals surface area contributed by atoms with E-state index >= 15 is 0 Å². The second-order valence-electron chi connectivity index (χ2n) is 6.45. The van der Waals surface area contributed by atoms with Gasteiger partial charge in [0.2, 0.25) is 16.7 Å². The lowest BCUT2D eigenvalue weighted by Crippen LogP contribution is -2.34. The van der Waals surface area contributed by atoms with Gasteiger partial charge in [0.1, 0.15) is 11.0 Å². The summed E-state index contributed by atoms with van der Waals surface area (Å²) in [4.78, 5) is 19.5. The molecule has 4 nitrogen and oxygen atoms in total. The van der Waals surface area contributed by atoms with E-state index in [0.29, 0.717) is 18.7 Å². The molecule has 0 unspecified atom stereocenters. The summed E-state index contributed by atoms with van der Waals surface area (Å²) in [5.41, 5.74) is 5.48. The molecule has 0 N–H and O–H groups in total. The van der Waals surface area contributed by atoms with E-state index in [1.54, 1.807) is 0 Å². The molecule has 3 aromatic carbocycles. The van der Waals surface area contributed by atoms with Crippen LogP contribution in [0.25, 0.3) is 27.8 Å². The number of carbonyl (C=O) groups excluding carboxylic acids is 1. The summed E-state index contributed by atoms with van der Waals surface area (Å²) in [5, 5.41) is 0. The first-order valence-corrected chi connectivity index (χ1v) is 9.32. The lowest BCUT2D eigenvalue weighted by atomic mass is 10.1. The Kier molecular flexibility index (Phi) is 4.55. The maximum Gasteiger partial charge on any atom is 0.254 e. The van der Waals surface area contributed by atoms with Gasteiger partial charge in [-0.05, 0) is 32.0 Å². The van der Waals surface area contributed by atoms with Crippen molar-refractivity contribution in [2.45, 2.75) is 13.8 Å². The van der Waals surface area contributed by atoms with Crippen molar-refractivity contribution in [3.8, 4) is 5.69 Å². The van der Waals surface area contributed by atoms with Crippen LogP contribution in [0.4, 0.5) is 0 Å². The molecule has 0 aliphatic carbocycles. The normalized spacial score (nSPS) is 11.0. The minimum absolute atomic E-state index is 0.0506. The standard InChI is InChI=1S/C23H22N3O/c1-3-25(4-2)23(27)17-14-15-20-22(16-17)26(18-10-6-5-7-11-18)21-13-9-8-12-19(21)24-20/h5-16H,3-4H2,1-2H3/q+1. The molecule has 0 aliphatic rings. The van der Waals surface area contributed by atoms with Crippen LogP contribution in [0.1, 0.15) is 24.2 Å². The van der Waals surface area contributed by atoms with E-state index in [4.69, 9.17) is 4.98 Å². The molecule has 4 heteroatoms. The molecule has 0 atom stereocenters. The van der Waals surface area contributed by atoms with E-state index in [0.717, 1.165) is 27.8 Å². The van der Waals surface area contributed by atoms with Crippen molar-refractivity contribution in [3.63, 3.8) is 0 Å². The highest BCUT2D eigenvalue weighted by molar-refractivity contribution is 5.97. The van der Waals surface area contributed by atoms with E-state index in [-0.39, 0.29) is 5.91 Å². The predicted molar refractivity (Wildman–Crippen MR) is 108 cm³/mol. The zero-order chi connectivity index (χ0) is 18.8. The smallest absolute Gasteiger partial charge is 0.254 e. The van der Waals surface area contributed by atoms with Gasteiger partial charge in [0, 0.05) is 42.9 Å². The molecule has 0 saturated carbocycles.